The van der Waals surface area contributed by atoms with Crippen LogP contribution < -0.4 is 0 Å². The second-order valence-corrected chi connectivity index (χ2v) is 2.45. The molecule has 0 fully saturated rings. The molecule has 9 heavy (non-hydrogen) atoms. The molecule has 0 aliphatic heterocycles. The van der Waals surface area contributed by atoms with Gasteiger partial charge in [0.15, 0.2) is 0 Å². The van der Waals surface area contributed by atoms with Crippen LogP contribution in [0.15, 0.2) is 11.6 Å². The lowest BCUT2D eigenvalue weighted by Crippen LogP contribution is -2.11. The van der Waals surface area contributed by atoms with Crippen LogP contribution in [0.3, 0.4) is 0 Å². The van der Waals surface area contributed by atoms with E-state index in [9.17, 15) is 0 Å². The zero-order valence-electron chi connectivity index (χ0n) is 5.38. The largest absolute Gasteiger partial charge is 0.393 e. The Morgan fingerprint density at radius 1 is 1.67 bits per heavy atom. The summed E-state index contributed by atoms with van der Waals surface area (Å²) >= 11 is 0. The standard InChI is InChI=1S/C7H12O2/c8-5-6-1-3-7(9)4-2-6/h1,7-9H,2-5H2. The molecule has 0 saturated carbocycles. The summed E-state index contributed by atoms with van der Waals surface area (Å²) in [5.74, 6) is 0. The summed E-state index contributed by atoms with van der Waals surface area (Å²) in [6.45, 7) is 0.159. The molecule has 2 heteroatoms. The molecule has 1 aliphatic rings. The molecule has 1 atom stereocenters. The number of rotatable bonds is 1. The first-order chi connectivity index (χ1) is 4.33. The molecule has 52 valence electrons. The van der Waals surface area contributed by atoms with E-state index in [1.807, 2.05) is 6.08 Å². The molecular weight excluding hydrogens is 116 g/mol. The zero-order chi connectivity index (χ0) is 6.69. The van der Waals surface area contributed by atoms with Crippen molar-refractivity contribution in [2.75, 3.05) is 6.61 Å². The fraction of sp³-hybridized carbons (Fsp3) is 0.714. The summed E-state index contributed by atoms with van der Waals surface area (Å²) in [5, 5.41) is 17.6. The fourth-order valence-electron chi connectivity index (χ4n) is 1.02. The van der Waals surface area contributed by atoms with Crippen LogP contribution in [0.2, 0.25) is 0 Å². The molecule has 0 aromatic rings. The third-order valence-corrected chi connectivity index (χ3v) is 1.68. The van der Waals surface area contributed by atoms with Crippen LogP contribution in [0.4, 0.5) is 0 Å². The van der Waals surface area contributed by atoms with E-state index in [2.05, 4.69) is 0 Å². The van der Waals surface area contributed by atoms with Crippen molar-refractivity contribution < 1.29 is 10.2 Å². The molecule has 0 heterocycles. The third-order valence-electron chi connectivity index (χ3n) is 1.68. The predicted molar refractivity (Wildman–Crippen MR) is 35.0 cm³/mol. The van der Waals surface area contributed by atoms with Gasteiger partial charge in [-0.15, -0.1) is 0 Å². The van der Waals surface area contributed by atoms with Gasteiger partial charge >= 0.3 is 0 Å². The van der Waals surface area contributed by atoms with Crippen molar-refractivity contribution in [2.45, 2.75) is 25.4 Å². The van der Waals surface area contributed by atoms with Gasteiger partial charge in [0, 0.05) is 0 Å². The van der Waals surface area contributed by atoms with Gasteiger partial charge in [0.2, 0.25) is 0 Å². The summed E-state index contributed by atoms with van der Waals surface area (Å²) in [7, 11) is 0. The highest BCUT2D eigenvalue weighted by Crippen LogP contribution is 2.16. The Bertz CT molecular complexity index is 118. The van der Waals surface area contributed by atoms with Crippen LogP contribution in [0.1, 0.15) is 19.3 Å². The van der Waals surface area contributed by atoms with Gasteiger partial charge in [-0.25, -0.2) is 0 Å². The zero-order valence-corrected chi connectivity index (χ0v) is 5.38. The number of hydrogen-bond donors (Lipinski definition) is 2. The molecular formula is C7H12O2. The predicted octanol–water partition coefficient (Wildman–Crippen LogP) is 0.450. The van der Waals surface area contributed by atoms with Crippen LogP contribution in [0.25, 0.3) is 0 Å². The van der Waals surface area contributed by atoms with Crippen LogP contribution in [-0.4, -0.2) is 22.9 Å². The summed E-state index contributed by atoms with van der Waals surface area (Å²) in [5.41, 5.74) is 1.07. The molecule has 0 amide bonds. The third kappa shape index (κ3) is 1.80. The molecule has 0 bridgehead atoms. The molecule has 0 radical (unpaired) electrons. The van der Waals surface area contributed by atoms with Gasteiger partial charge in [-0.1, -0.05) is 6.08 Å². The molecule has 0 saturated heterocycles. The van der Waals surface area contributed by atoms with Crippen molar-refractivity contribution in [3.63, 3.8) is 0 Å². The van der Waals surface area contributed by atoms with E-state index in [1.54, 1.807) is 0 Å². The summed E-state index contributed by atoms with van der Waals surface area (Å²) in [6.07, 6.45) is 4.15. The maximum absolute atomic E-state index is 9.00. The Labute approximate surface area is 54.8 Å². The minimum Gasteiger partial charge on any atom is -0.393 e. The van der Waals surface area contributed by atoms with Crippen molar-refractivity contribution in [2.24, 2.45) is 0 Å². The lowest BCUT2D eigenvalue weighted by molar-refractivity contribution is 0.159. The van der Waals surface area contributed by atoms with E-state index in [4.69, 9.17) is 10.2 Å². The van der Waals surface area contributed by atoms with Crippen molar-refractivity contribution in [3.8, 4) is 0 Å². The van der Waals surface area contributed by atoms with Crippen molar-refractivity contribution in [3.05, 3.63) is 11.6 Å². The van der Waals surface area contributed by atoms with Gasteiger partial charge in [0.25, 0.3) is 0 Å². The molecule has 0 aromatic heterocycles. The second-order valence-electron chi connectivity index (χ2n) is 2.45. The van der Waals surface area contributed by atoms with Crippen LogP contribution in [0, 0.1) is 0 Å². The maximum Gasteiger partial charge on any atom is 0.0641 e. The fourth-order valence-corrected chi connectivity index (χ4v) is 1.02. The molecule has 2 nitrogen and oxygen atoms in total. The van der Waals surface area contributed by atoms with E-state index in [-0.39, 0.29) is 12.7 Å². The normalized spacial score (nSPS) is 27.8. The van der Waals surface area contributed by atoms with Crippen LogP contribution in [-0.2, 0) is 0 Å². The van der Waals surface area contributed by atoms with Gasteiger partial charge in [0.05, 0.1) is 12.7 Å². The highest BCUT2D eigenvalue weighted by Gasteiger charge is 2.09. The smallest absolute Gasteiger partial charge is 0.0641 e. The Morgan fingerprint density at radius 2 is 2.44 bits per heavy atom. The van der Waals surface area contributed by atoms with Gasteiger partial charge in [-0.05, 0) is 24.8 Å². The summed E-state index contributed by atoms with van der Waals surface area (Å²) in [6, 6.07) is 0. The van der Waals surface area contributed by atoms with Gasteiger partial charge in [0.1, 0.15) is 0 Å². The lowest BCUT2D eigenvalue weighted by atomic mass is 9.98. The minimum atomic E-state index is -0.166. The highest BCUT2D eigenvalue weighted by atomic mass is 16.3. The van der Waals surface area contributed by atoms with Crippen LogP contribution in [0.5, 0.6) is 0 Å². The molecule has 1 aliphatic carbocycles. The lowest BCUT2D eigenvalue weighted by Gasteiger charge is -2.15. The molecule has 1 rings (SSSR count). The van der Waals surface area contributed by atoms with E-state index in [0.717, 1.165) is 24.8 Å². The molecule has 0 aromatic carbocycles. The van der Waals surface area contributed by atoms with Crippen LogP contribution >= 0.6 is 0 Å². The van der Waals surface area contributed by atoms with Gasteiger partial charge in [-0.3, -0.25) is 0 Å². The first kappa shape index (κ1) is 6.78. The Morgan fingerprint density at radius 3 is 2.89 bits per heavy atom. The SMILES string of the molecule is OCC1=CCC(O)CC1. The Balaban J connectivity index is 2.40. The number of hydrogen-bond acceptors (Lipinski definition) is 2. The molecule has 0 spiro atoms. The molecule has 1 unspecified atom stereocenters. The van der Waals surface area contributed by atoms with E-state index in [1.165, 1.54) is 0 Å². The number of aliphatic hydroxyl groups is 2. The highest BCUT2D eigenvalue weighted by molar-refractivity contribution is 5.06. The quantitative estimate of drug-likeness (QED) is 0.503. The first-order valence-electron chi connectivity index (χ1n) is 3.29. The average Bonchev–Trinajstić information content (AvgIpc) is 1.90. The van der Waals surface area contributed by atoms with E-state index < -0.39 is 0 Å². The van der Waals surface area contributed by atoms with Crippen molar-refractivity contribution in [1.82, 2.24) is 0 Å². The minimum absolute atomic E-state index is 0.159. The van der Waals surface area contributed by atoms with Gasteiger partial charge in [-0.2, -0.15) is 0 Å². The van der Waals surface area contributed by atoms with Crippen molar-refractivity contribution >= 4 is 0 Å². The summed E-state index contributed by atoms with van der Waals surface area (Å²) < 4.78 is 0. The van der Waals surface area contributed by atoms with Crippen molar-refractivity contribution in [1.29, 1.82) is 0 Å². The average molecular weight is 128 g/mol. The number of aliphatic hydroxyl groups excluding tert-OH is 2. The maximum atomic E-state index is 9.00. The first-order valence-corrected chi connectivity index (χ1v) is 3.29. The monoisotopic (exact) mass is 128 g/mol. The molecule has 2 N–H and O–H groups in total. The summed E-state index contributed by atoms with van der Waals surface area (Å²) in [4.78, 5) is 0. The second kappa shape index (κ2) is 2.99. The van der Waals surface area contributed by atoms with E-state index in [0.29, 0.717) is 0 Å². The Hall–Kier alpha value is -0.340. The van der Waals surface area contributed by atoms with Gasteiger partial charge < -0.3 is 10.2 Å². The Kier molecular flexibility index (Phi) is 2.25. The van der Waals surface area contributed by atoms with E-state index >= 15 is 0 Å². The topological polar surface area (TPSA) is 40.5 Å².